The van der Waals surface area contributed by atoms with Gasteiger partial charge in [-0.25, -0.2) is 0 Å². The molecule has 0 amide bonds. The van der Waals surface area contributed by atoms with E-state index in [-0.39, 0.29) is 0 Å². The SMILES string of the molecule is c1ccc(-c2ccccc2N(c2ccccc2)c2ccc3c(c2)C2(c4ccccc4)c4ccccc4N(c4ccccc4)c4c(-c5ccccc5)ccc-3c42)cc1. The zero-order valence-corrected chi connectivity index (χ0v) is 31.3. The molecule has 57 heavy (non-hydrogen) atoms. The van der Waals surface area contributed by atoms with Crippen molar-refractivity contribution in [2.75, 3.05) is 9.80 Å². The minimum absolute atomic E-state index is 0.606. The minimum Gasteiger partial charge on any atom is -0.310 e. The van der Waals surface area contributed by atoms with Gasteiger partial charge in [0.05, 0.1) is 22.5 Å². The van der Waals surface area contributed by atoms with E-state index in [1.807, 2.05) is 0 Å². The van der Waals surface area contributed by atoms with Crippen LogP contribution in [0.3, 0.4) is 0 Å². The zero-order chi connectivity index (χ0) is 37.8. The average molecular weight is 727 g/mol. The van der Waals surface area contributed by atoms with Crippen molar-refractivity contribution < 1.29 is 0 Å². The number of fused-ring (bicyclic) bond motifs is 5. The van der Waals surface area contributed by atoms with Crippen molar-refractivity contribution in [3.8, 4) is 33.4 Å². The van der Waals surface area contributed by atoms with E-state index >= 15 is 0 Å². The lowest BCUT2D eigenvalue weighted by molar-refractivity contribution is 0.754. The quantitative estimate of drug-likeness (QED) is 0.161. The number of anilines is 6. The first kappa shape index (κ1) is 33.0. The van der Waals surface area contributed by atoms with Gasteiger partial charge in [-0.3, -0.25) is 0 Å². The Morgan fingerprint density at radius 3 is 1.63 bits per heavy atom. The third-order valence-electron chi connectivity index (χ3n) is 11.8. The van der Waals surface area contributed by atoms with Crippen LogP contribution in [0, 0.1) is 0 Å². The molecule has 1 aliphatic heterocycles. The second kappa shape index (κ2) is 13.4. The first-order valence-electron chi connectivity index (χ1n) is 19.7. The summed E-state index contributed by atoms with van der Waals surface area (Å²) < 4.78 is 0. The molecular formula is C55H38N2. The summed E-state index contributed by atoms with van der Waals surface area (Å²) >= 11 is 0. The highest BCUT2D eigenvalue weighted by molar-refractivity contribution is 6.05. The van der Waals surface area contributed by atoms with Gasteiger partial charge in [-0.15, -0.1) is 0 Å². The molecule has 9 aromatic rings. The summed E-state index contributed by atoms with van der Waals surface area (Å²) in [4.78, 5) is 4.95. The topological polar surface area (TPSA) is 6.48 Å². The van der Waals surface area contributed by atoms with Gasteiger partial charge < -0.3 is 9.80 Å². The number of hydrogen-bond donors (Lipinski definition) is 0. The molecule has 0 saturated carbocycles. The molecule has 11 rings (SSSR count). The standard InChI is InChI=1S/C55H38N2/c1-6-20-39(21-7-1)45-30-16-18-32-51(45)56(42-26-12-4-13-27-42)44-34-35-47-48-37-36-46(40-22-8-2-9-23-40)54-53(48)55(50(47)38-44,41-24-10-3-11-25-41)49-31-17-19-33-52(49)57(54)43-28-14-5-15-29-43/h1-38H. The first-order valence-corrected chi connectivity index (χ1v) is 19.7. The molecule has 0 aromatic heterocycles. The van der Waals surface area contributed by atoms with Crippen molar-refractivity contribution in [3.63, 3.8) is 0 Å². The van der Waals surface area contributed by atoms with Crippen LogP contribution >= 0.6 is 0 Å². The van der Waals surface area contributed by atoms with Crippen molar-refractivity contribution in [1.82, 2.24) is 0 Å². The molecule has 9 aromatic carbocycles. The van der Waals surface area contributed by atoms with Crippen molar-refractivity contribution in [2.24, 2.45) is 0 Å². The lowest BCUT2D eigenvalue weighted by atomic mass is 9.64. The Labute approximate surface area is 334 Å². The van der Waals surface area contributed by atoms with Crippen LogP contribution in [-0.4, -0.2) is 0 Å². The summed E-state index contributed by atoms with van der Waals surface area (Å²) in [6.45, 7) is 0. The molecule has 1 unspecified atom stereocenters. The van der Waals surface area contributed by atoms with Gasteiger partial charge in [0, 0.05) is 33.8 Å². The van der Waals surface area contributed by atoms with Gasteiger partial charge in [-0.2, -0.15) is 0 Å². The van der Waals surface area contributed by atoms with Gasteiger partial charge in [0.1, 0.15) is 0 Å². The molecule has 1 atom stereocenters. The fraction of sp³-hybridized carbons (Fsp3) is 0.0182. The van der Waals surface area contributed by atoms with E-state index in [4.69, 9.17) is 0 Å². The van der Waals surface area contributed by atoms with Crippen LogP contribution in [0.1, 0.15) is 22.3 Å². The molecule has 268 valence electrons. The summed E-state index contributed by atoms with van der Waals surface area (Å²) in [5.74, 6) is 0. The molecular weight excluding hydrogens is 689 g/mol. The highest BCUT2D eigenvalue weighted by Crippen LogP contribution is 2.66. The maximum atomic E-state index is 2.51. The second-order valence-electron chi connectivity index (χ2n) is 14.8. The minimum atomic E-state index is -0.606. The van der Waals surface area contributed by atoms with E-state index in [1.165, 1.54) is 67.0 Å². The van der Waals surface area contributed by atoms with E-state index in [0.717, 1.165) is 22.7 Å². The van der Waals surface area contributed by atoms with E-state index in [1.54, 1.807) is 0 Å². The second-order valence-corrected chi connectivity index (χ2v) is 14.8. The normalized spacial score (nSPS) is 14.7. The fourth-order valence-corrected chi connectivity index (χ4v) is 9.54. The first-order chi connectivity index (χ1) is 28.3. The van der Waals surface area contributed by atoms with E-state index in [9.17, 15) is 0 Å². The van der Waals surface area contributed by atoms with Gasteiger partial charge in [-0.1, -0.05) is 182 Å². The van der Waals surface area contributed by atoms with E-state index in [0.29, 0.717) is 0 Å². The van der Waals surface area contributed by atoms with Crippen molar-refractivity contribution in [2.45, 2.75) is 5.41 Å². The van der Waals surface area contributed by atoms with Crippen LogP contribution in [0.15, 0.2) is 231 Å². The van der Waals surface area contributed by atoms with Gasteiger partial charge in [0.25, 0.3) is 0 Å². The summed E-state index contributed by atoms with van der Waals surface area (Å²) in [6, 6.07) is 84.3. The van der Waals surface area contributed by atoms with Crippen LogP contribution in [-0.2, 0) is 5.41 Å². The third kappa shape index (κ3) is 5.04. The predicted octanol–water partition coefficient (Wildman–Crippen LogP) is 14.6. The number of nitrogens with zero attached hydrogens (tertiary/aromatic N) is 2. The summed E-state index contributed by atoms with van der Waals surface area (Å²) in [5, 5.41) is 0. The summed E-state index contributed by atoms with van der Waals surface area (Å²) in [7, 11) is 0. The Bertz CT molecular complexity index is 2890. The molecule has 0 N–H and O–H groups in total. The molecule has 1 heterocycles. The smallest absolute Gasteiger partial charge is 0.0755 e. The maximum absolute atomic E-state index is 2.51. The van der Waals surface area contributed by atoms with Gasteiger partial charge in [-0.05, 0) is 87.5 Å². The molecule has 2 aliphatic rings. The Kier molecular flexibility index (Phi) is 7.75. The van der Waals surface area contributed by atoms with E-state index in [2.05, 4.69) is 240 Å². The van der Waals surface area contributed by atoms with Crippen molar-refractivity contribution in [1.29, 1.82) is 0 Å². The number of benzene rings is 9. The molecule has 0 spiro atoms. The molecule has 0 bridgehead atoms. The largest absolute Gasteiger partial charge is 0.310 e. The molecule has 2 nitrogen and oxygen atoms in total. The van der Waals surface area contributed by atoms with E-state index < -0.39 is 5.41 Å². The predicted molar refractivity (Wildman–Crippen MR) is 238 cm³/mol. The Balaban J connectivity index is 1.25. The highest BCUT2D eigenvalue weighted by Gasteiger charge is 2.53. The third-order valence-corrected chi connectivity index (χ3v) is 11.8. The zero-order valence-electron chi connectivity index (χ0n) is 31.3. The van der Waals surface area contributed by atoms with Crippen LogP contribution in [0.5, 0.6) is 0 Å². The van der Waals surface area contributed by atoms with Gasteiger partial charge in [0.2, 0.25) is 0 Å². The lowest BCUT2D eigenvalue weighted by Crippen LogP contribution is -2.36. The average Bonchev–Trinajstić information content (AvgIpc) is 3.60. The van der Waals surface area contributed by atoms with Gasteiger partial charge >= 0.3 is 0 Å². The summed E-state index contributed by atoms with van der Waals surface area (Å²) in [5.41, 5.74) is 18.7. The van der Waals surface area contributed by atoms with Crippen LogP contribution in [0.4, 0.5) is 34.1 Å². The Hall–Kier alpha value is -7.42. The Morgan fingerprint density at radius 2 is 0.912 bits per heavy atom. The van der Waals surface area contributed by atoms with Crippen LogP contribution in [0.25, 0.3) is 33.4 Å². The Morgan fingerprint density at radius 1 is 0.368 bits per heavy atom. The number of para-hydroxylation sites is 4. The van der Waals surface area contributed by atoms with Crippen molar-refractivity contribution >= 4 is 34.1 Å². The summed E-state index contributed by atoms with van der Waals surface area (Å²) in [6.07, 6.45) is 0. The fourth-order valence-electron chi connectivity index (χ4n) is 9.54. The number of hydrogen-bond acceptors (Lipinski definition) is 2. The van der Waals surface area contributed by atoms with Gasteiger partial charge in [0.15, 0.2) is 0 Å². The molecule has 2 heteroatoms. The lowest BCUT2D eigenvalue weighted by Gasteiger charge is -2.45. The van der Waals surface area contributed by atoms with Crippen LogP contribution in [0.2, 0.25) is 0 Å². The maximum Gasteiger partial charge on any atom is 0.0755 e. The molecule has 0 saturated heterocycles. The molecule has 0 radical (unpaired) electrons. The highest BCUT2D eigenvalue weighted by atomic mass is 15.2. The van der Waals surface area contributed by atoms with Crippen LogP contribution < -0.4 is 9.80 Å². The monoisotopic (exact) mass is 726 g/mol. The number of rotatable bonds is 7. The molecule has 0 fully saturated rings. The molecule has 1 aliphatic carbocycles. The van der Waals surface area contributed by atoms with Crippen molar-refractivity contribution in [3.05, 3.63) is 253 Å².